The van der Waals surface area contributed by atoms with Crippen LogP contribution >= 0.6 is 0 Å². The number of carbonyl (C=O) groups excluding carboxylic acids is 3. The van der Waals surface area contributed by atoms with Crippen molar-refractivity contribution in [2.24, 2.45) is 5.92 Å². The van der Waals surface area contributed by atoms with Crippen LogP contribution in [0.5, 0.6) is 5.75 Å². The molecule has 0 radical (unpaired) electrons. The van der Waals surface area contributed by atoms with E-state index in [1.54, 1.807) is 60.5 Å². The summed E-state index contributed by atoms with van der Waals surface area (Å²) in [4.78, 5) is 42.9. The zero-order valence-electron chi connectivity index (χ0n) is 19.8. The average Bonchev–Trinajstić information content (AvgIpc) is 3.23. The third kappa shape index (κ3) is 4.63. The summed E-state index contributed by atoms with van der Waals surface area (Å²) in [5, 5.41) is 2.90. The minimum Gasteiger partial charge on any atom is -0.497 e. The zero-order valence-corrected chi connectivity index (χ0v) is 19.8. The molecule has 2 aliphatic heterocycles. The molecule has 2 saturated heterocycles. The first-order valence-corrected chi connectivity index (χ1v) is 11.6. The van der Waals surface area contributed by atoms with E-state index in [2.05, 4.69) is 5.32 Å². The Morgan fingerprint density at radius 1 is 1.03 bits per heavy atom. The molecule has 0 unspecified atom stereocenters. The lowest BCUT2D eigenvalue weighted by molar-refractivity contribution is -0.146. The Kier molecular flexibility index (Phi) is 6.88. The van der Waals surface area contributed by atoms with Crippen molar-refractivity contribution in [2.75, 3.05) is 32.1 Å². The van der Waals surface area contributed by atoms with Gasteiger partial charge in [-0.25, -0.2) is 0 Å². The van der Waals surface area contributed by atoms with Crippen molar-refractivity contribution >= 4 is 23.4 Å². The zero-order chi connectivity index (χ0) is 24.3. The van der Waals surface area contributed by atoms with Gasteiger partial charge in [0.2, 0.25) is 11.8 Å². The van der Waals surface area contributed by atoms with Crippen LogP contribution in [0.15, 0.2) is 54.6 Å². The molecule has 3 amide bonds. The first-order chi connectivity index (χ1) is 16.3. The fourth-order valence-electron chi connectivity index (χ4n) is 4.63. The Labute approximate surface area is 199 Å². The molecule has 8 nitrogen and oxygen atoms in total. The van der Waals surface area contributed by atoms with Gasteiger partial charge in [0, 0.05) is 43.1 Å². The molecular weight excluding hydrogens is 434 g/mol. The SMILES string of the molecule is COc1ccc(NC(=O)[C@@H]2COC3(CCN(C(=O)C(C)C)CC3)N2C(=O)c2ccccc2)cc1. The van der Waals surface area contributed by atoms with Gasteiger partial charge < -0.3 is 19.7 Å². The number of benzene rings is 2. The molecule has 2 aromatic carbocycles. The maximum atomic E-state index is 13.7. The highest BCUT2D eigenvalue weighted by molar-refractivity contribution is 6.02. The summed E-state index contributed by atoms with van der Waals surface area (Å²) in [6, 6.07) is 15.2. The molecule has 1 N–H and O–H groups in total. The van der Waals surface area contributed by atoms with Crippen LogP contribution in [0.1, 0.15) is 37.0 Å². The summed E-state index contributed by atoms with van der Waals surface area (Å²) in [7, 11) is 1.58. The normalized spacial score (nSPS) is 19.4. The van der Waals surface area contributed by atoms with Crippen LogP contribution in [0.25, 0.3) is 0 Å². The van der Waals surface area contributed by atoms with Crippen LogP contribution in [0.2, 0.25) is 0 Å². The van der Waals surface area contributed by atoms with Crippen LogP contribution in [0, 0.1) is 5.92 Å². The highest BCUT2D eigenvalue weighted by Gasteiger charge is 2.54. The average molecular weight is 466 g/mol. The number of nitrogens with zero attached hydrogens (tertiary/aromatic N) is 2. The second kappa shape index (κ2) is 9.85. The number of likely N-dealkylation sites (tertiary alicyclic amines) is 1. The number of ether oxygens (including phenoxy) is 2. The van der Waals surface area contributed by atoms with Crippen molar-refractivity contribution in [1.29, 1.82) is 0 Å². The maximum absolute atomic E-state index is 13.7. The number of rotatable bonds is 5. The lowest BCUT2D eigenvalue weighted by Gasteiger charge is -2.44. The summed E-state index contributed by atoms with van der Waals surface area (Å²) >= 11 is 0. The van der Waals surface area contributed by atoms with E-state index in [1.807, 2.05) is 24.8 Å². The van der Waals surface area contributed by atoms with Crippen molar-refractivity contribution in [3.05, 3.63) is 60.2 Å². The quantitative estimate of drug-likeness (QED) is 0.733. The Morgan fingerprint density at radius 3 is 2.26 bits per heavy atom. The summed E-state index contributed by atoms with van der Waals surface area (Å²) < 4.78 is 11.4. The van der Waals surface area contributed by atoms with E-state index >= 15 is 0 Å². The lowest BCUT2D eigenvalue weighted by Crippen LogP contribution is -2.59. The van der Waals surface area contributed by atoms with Crippen LogP contribution in [-0.4, -0.2) is 66.1 Å². The first kappa shape index (κ1) is 23.8. The number of anilines is 1. The monoisotopic (exact) mass is 465 g/mol. The van der Waals surface area contributed by atoms with E-state index in [4.69, 9.17) is 9.47 Å². The standard InChI is InChI=1S/C26H31N3O5/c1-18(2)24(31)28-15-13-26(14-16-28)29(25(32)19-7-5-4-6-8-19)22(17-34-26)23(30)27-20-9-11-21(33-3)12-10-20/h4-12,18,22H,13-17H2,1-3H3,(H,27,30)/t22-/m0/s1. The molecule has 2 aromatic rings. The highest BCUT2D eigenvalue weighted by Crippen LogP contribution is 2.39. The van der Waals surface area contributed by atoms with Crippen LogP contribution < -0.4 is 10.1 Å². The molecule has 180 valence electrons. The molecule has 1 atom stereocenters. The van der Waals surface area contributed by atoms with Gasteiger partial charge in [-0.2, -0.15) is 0 Å². The summed E-state index contributed by atoms with van der Waals surface area (Å²) in [5.41, 5.74) is 0.175. The van der Waals surface area contributed by atoms with Crippen LogP contribution in [0.3, 0.4) is 0 Å². The van der Waals surface area contributed by atoms with Gasteiger partial charge in [-0.3, -0.25) is 19.3 Å². The van der Waals surface area contributed by atoms with Crippen LogP contribution in [0.4, 0.5) is 5.69 Å². The number of hydrogen-bond acceptors (Lipinski definition) is 5. The number of piperidine rings is 1. The van der Waals surface area contributed by atoms with E-state index < -0.39 is 11.8 Å². The predicted molar refractivity (Wildman–Crippen MR) is 127 cm³/mol. The Hall–Kier alpha value is -3.39. The molecule has 34 heavy (non-hydrogen) atoms. The minimum atomic E-state index is -0.928. The largest absolute Gasteiger partial charge is 0.497 e. The molecule has 8 heteroatoms. The predicted octanol–water partition coefficient (Wildman–Crippen LogP) is 3.15. The van der Waals surface area contributed by atoms with Crippen molar-refractivity contribution in [3.63, 3.8) is 0 Å². The van der Waals surface area contributed by atoms with Crippen LogP contribution in [-0.2, 0) is 14.3 Å². The molecule has 1 spiro atoms. The number of carbonyl (C=O) groups is 3. The Bertz CT molecular complexity index is 1030. The van der Waals surface area contributed by atoms with Crippen molar-refractivity contribution in [3.8, 4) is 5.75 Å². The van der Waals surface area contributed by atoms with E-state index in [0.717, 1.165) is 0 Å². The van der Waals surface area contributed by atoms with E-state index in [1.165, 1.54) is 0 Å². The fraction of sp³-hybridized carbons (Fsp3) is 0.423. The van der Waals surface area contributed by atoms with Gasteiger partial charge in [0.05, 0.1) is 13.7 Å². The number of nitrogens with one attached hydrogen (secondary N) is 1. The van der Waals surface area contributed by atoms with E-state index in [0.29, 0.717) is 42.9 Å². The van der Waals surface area contributed by atoms with Gasteiger partial charge in [-0.1, -0.05) is 32.0 Å². The van der Waals surface area contributed by atoms with Crippen molar-refractivity contribution in [2.45, 2.75) is 38.5 Å². The molecule has 2 fully saturated rings. The Morgan fingerprint density at radius 2 is 1.68 bits per heavy atom. The summed E-state index contributed by atoms with van der Waals surface area (Å²) in [6.07, 6.45) is 0.909. The topological polar surface area (TPSA) is 88.2 Å². The highest BCUT2D eigenvalue weighted by atomic mass is 16.5. The van der Waals surface area contributed by atoms with Gasteiger partial charge in [-0.05, 0) is 36.4 Å². The molecule has 0 bridgehead atoms. The lowest BCUT2D eigenvalue weighted by atomic mass is 9.95. The number of amides is 3. The van der Waals surface area contributed by atoms with Crippen molar-refractivity contribution < 1.29 is 23.9 Å². The van der Waals surface area contributed by atoms with Gasteiger partial charge in [-0.15, -0.1) is 0 Å². The molecule has 0 aliphatic carbocycles. The van der Waals surface area contributed by atoms with E-state index in [-0.39, 0.29) is 30.2 Å². The number of hydrogen-bond donors (Lipinski definition) is 1. The van der Waals surface area contributed by atoms with Gasteiger partial charge in [0.1, 0.15) is 17.5 Å². The second-order valence-corrected chi connectivity index (χ2v) is 9.01. The fourth-order valence-corrected chi connectivity index (χ4v) is 4.63. The molecule has 0 aromatic heterocycles. The summed E-state index contributed by atoms with van der Waals surface area (Å²) in [5.74, 6) is 0.111. The van der Waals surface area contributed by atoms with Gasteiger partial charge in [0.15, 0.2) is 0 Å². The third-order valence-electron chi connectivity index (χ3n) is 6.51. The molecule has 0 saturated carbocycles. The smallest absolute Gasteiger partial charge is 0.256 e. The molecular formula is C26H31N3O5. The molecule has 4 rings (SSSR count). The number of methoxy groups -OCH3 is 1. The molecule has 2 aliphatic rings. The van der Waals surface area contributed by atoms with E-state index in [9.17, 15) is 14.4 Å². The minimum absolute atomic E-state index is 0.0857. The molecule has 2 heterocycles. The Balaban J connectivity index is 1.58. The third-order valence-corrected chi connectivity index (χ3v) is 6.51. The summed E-state index contributed by atoms with van der Waals surface area (Å²) in [6.45, 7) is 4.80. The first-order valence-electron chi connectivity index (χ1n) is 11.6. The van der Waals surface area contributed by atoms with Gasteiger partial charge >= 0.3 is 0 Å². The maximum Gasteiger partial charge on any atom is 0.256 e. The van der Waals surface area contributed by atoms with Crippen molar-refractivity contribution in [1.82, 2.24) is 9.80 Å². The second-order valence-electron chi connectivity index (χ2n) is 9.01. The van der Waals surface area contributed by atoms with Gasteiger partial charge in [0.25, 0.3) is 5.91 Å².